The molecular weight excluding hydrogens is 366 g/mol. The first kappa shape index (κ1) is 17.9. The highest BCUT2D eigenvalue weighted by Crippen LogP contribution is 2.34. The van der Waals surface area contributed by atoms with Crippen LogP contribution in [-0.2, 0) is 7.05 Å². The summed E-state index contributed by atoms with van der Waals surface area (Å²) < 4.78 is 3.58. The van der Waals surface area contributed by atoms with E-state index in [-0.39, 0.29) is 17.8 Å². The lowest BCUT2D eigenvalue weighted by molar-refractivity contribution is 0.111. The van der Waals surface area contributed by atoms with Gasteiger partial charge in [-0.2, -0.15) is 0 Å². The van der Waals surface area contributed by atoms with Crippen LogP contribution in [0, 0.1) is 0 Å². The Kier molecular flexibility index (Phi) is 4.13. The van der Waals surface area contributed by atoms with Crippen LogP contribution in [0.3, 0.4) is 0 Å². The Morgan fingerprint density at radius 1 is 1.03 bits per heavy atom. The summed E-state index contributed by atoms with van der Waals surface area (Å²) in [6.07, 6.45) is 6.30. The average molecular weight is 389 g/mol. The van der Waals surface area contributed by atoms with Crippen molar-refractivity contribution in [2.75, 3.05) is 5.73 Å². The molecule has 7 nitrogen and oxygen atoms in total. The third-order valence-corrected chi connectivity index (χ3v) is 6.07. The molecule has 7 heteroatoms. The zero-order valence-electron chi connectivity index (χ0n) is 16.2. The molecule has 1 saturated carbocycles. The van der Waals surface area contributed by atoms with E-state index < -0.39 is 0 Å². The van der Waals surface area contributed by atoms with Gasteiger partial charge in [-0.3, -0.25) is 14.1 Å². The summed E-state index contributed by atoms with van der Waals surface area (Å²) in [5.41, 5.74) is 10.2. The second kappa shape index (κ2) is 6.70. The van der Waals surface area contributed by atoms with Gasteiger partial charge >= 0.3 is 5.69 Å². The summed E-state index contributed by atoms with van der Waals surface area (Å²) >= 11 is 0. The van der Waals surface area contributed by atoms with E-state index in [1.807, 2.05) is 22.8 Å². The van der Waals surface area contributed by atoms with Gasteiger partial charge in [0.15, 0.2) is 0 Å². The number of nitrogens with zero attached hydrogens (tertiary/aromatic N) is 4. The van der Waals surface area contributed by atoms with Gasteiger partial charge in [0.05, 0.1) is 28.9 Å². The Balaban J connectivity index is 1.76. The van der Waals surface area contributed by atoms with Crippen LogP contribution in [0.5, 0.6) is 0 Å². The van der Waals surface area contributed by atoms with Crippen LogP contribution in [0.2, 0.25) is 0 Å². The normalized spacial score (nSPS) is 19.8. The summed E-state index contributed by atoms with van der Waals surface area (Å²) in [6, 6.07) is 9.87. The number of hydrogen-bond acceptors (Lipinski definition) is 5. The molecule has 0 spiro atoms. The molecule has 3 N–H and O–H groups in total. The van der Waals surface area contributed by atoms with Crippen molar-refractivity contribution in [2.45, 2.75) is 37.8 Å². The molecule has 0 atom stereocenters. The SMILES string of the molecule is Cn1c(=O)n(C2CCC(O)CC2)c2c3cc(-c4ccc(N)nc4)ccc3ncc21. The molecule has 0 radical (unpaired) electrons. The van der Waals surface area contributed by atoms with Crippen molar-refractivity contribution < 1.29 is 5.11 Å². The van der Waals surface area contributed by atoms with E-state index >= 15 is 0 Å². The molecule has 0 bridgehead atoms. The van der Waals surface area contributed by atoms with E-state index in [4.69, 9.17) is 5.73 Å². The zero-order valence-corrected chi connectivity index (χ0v) is 16.2. The number of imidazole rings is 1. The minimum absolute atomic E-state index is 0.0322. The molecule has 3 heterocycles. The fraction of sp³-hybridized carbons (Fsp3) is 0.318. The first-order valence-corrected chi connectivity index (χ1v) is 9.92. The number of benzene rings is 1. The van der Waals surface area contributed by atoms with Gasteiger partial charge in [0.2, 0.25) is 0 Å². The maximum absolute atomic E-state index is 13.1. The number of fused-ring (bicyclic) bond motifs is 3. The Bertz CT molecular complexity index is 1260. The van der Waals surface area contributed by atoms with E-state index in [1.165, 1.54) is 0 Å². The minimum Gasteiger partial charge on any atom is -0.393 e. The predicted octanol–water partition coefficient (Wildman–Crippen LogP) is 3.01. The Hall–Kier alpha value is -3.19. The lowest BCUT2D eigenvalue weighted by atomic mass is 9.92. The van der Waals surface area contributed by atoms with Gasteiger partial charge in [-0.1, -0.05) is 6.07 Å². The van der Waals surface area contributed by atoms with Crippen molar-refractivity contribution >= 4 is 27.8 Å². The van der Waals surface area contributed by atoms with Gasteiger partial charge in [0, 0.05) is 30.2 Å². The molecule has 5 rings (SSSR count). The third-order valence-electron chi connectivity index (χ3n) is 6.07. The predicted molar refractivity (Wildman–Crippen MR) is 114 cm³/mol. The number of aliphatic hydroxyl groups excluding tert-OH is 1. The quantitative estimate of drug-likeness (QED) is 0.549. The molecule has 4 aromatic rings. The van der Waals surface area contributed by atoms with Crippen molar-refractivity contribution in [2.24, 2.45) is 7.05 Å². The molecule has 1 fully saturated rings. The van der Waals surface area contributed by atoms with Gasteiger partial charge < -0.3 is 10.8 Å². The van der Waals surface area contributed by atoms with E-state index in [9.17, 15) is 9.90 Å². The molecule has 0 aliphatic heterocycles. The number of hydrogen-bond donors (Lipinski definition) is 2. The van der Waals surface area contributed by atoms with Gasteiger partial charge in [-0.25, -0.2) is 9.78 Å². The lowest BCUT2D eigenvalue weighted by Gasteiger charge is -2.26. The smallest absolute Gasteiger partial charge is 0.329 e. The molecule has 0 amide bonds. The molecule has 148 valence electrons. The minimum atomic E-state index is -0.264. The standard InChI is InChI=1S/C22H23N5O2/c1-26-19-12-24-18-8-2-13(14-3-9-20(23)25-11-14)10-17(18)21(19)27(22(26)29)15-4-6-16(28)7-5-15/h2-3,8-12,15-16,28H,4-7H2,1H3,(H2,23,25). The van der Waals surface area contributed by atoms with Crippen LogP contribution < -0.4 is 11.4 Å². The summed E-state index contributed by atoms with van der Waals surface area (Å²) in [5, 5.41) is 10.8. The number of aromatic nitrogens is 4. The first-order chi connectivity index (χ1) is 14.0. The topological polar surface area (TPSA) is 99.0 Å². The summed E-state index contributed by atoms with van der Waals surface area (Å²) in [4.78, 5) is 21.9. The molecule has 1 aromatic carbocycles. The Morgan fingerprint density at radius 2 is 1.79 bits per heavy atom. The third kappa shape index (κ3) is 2.89. The summed E-state index contributed by atoms with van der Waals surface area (Å²) in [5.74, 6) is 0.481. The molecule has 3 aromatic heterocycles. The number of pyridine rings is 2. The van der Waals surface area contributed by atoms with Crippen LogP contribution in [0.1, 0.15) is 31.7 Å². The summed E-state index contributed by atoms with van der Waals surface area (Å²) in [7, 11) is 1.79. The van der Waals surface area contributed by atoms with E-state index in [0.29, 0.717) is 5.82 Å². The highest BCUT2D eigenvalue weighted by molar-refractivity contribution is 6.04. The number of nitrogen functional groups attached to an aromatic ring is 1. The van der Waals surface area contributed by atoms with Crippen molar-refractivity contribution in [3.05, 3.63) is 53.2 Å². The number of aryl methyl sites for hydroxylation is 1. The van der Waals surface area contributed by atoms with Gasteiger partial charge in [0.1, 0.15) is 5.82 Å². The van der Waals surface area contributed by atoms with E-state index in [1.54, 1.807) is 30.1 Å². The van der Waals surface area contributed by atoms with E-state index in [0.717, 1.165) is 58.7 Å². The highest BCUT2D eigenvalue weighted by Gasteiger charge is 2.26. The maximum atomic E-state index is 13.1. The van der Waals surface area contributed by atoms with Gasteiger partial charge in [0.25, 0.3) is 0 Å². The number of anilines is 1. The molecule has 29 heavy (non-hydrogen) atoms. The molecule has 1 aliphatic carbocycles. The maximum Gasteiger partial charge on any atom is 0.329 e. The second-order valence-corrected chi connectivity index (χ2v) is 7.87. The monoisotopic (exact) mass is 389 g/mol. The van der Waals surface area contributed by atoms with Crippen LogP contribution in [0.4, 0.5) is 5.82 Å². The number of rotatable bonds is 2. The van der Waals surface area contributed by atoms with Crippen LogP contribution >= 0.6 is 0 Å². The van der Waals surface area contributed by atoms with Crippen molar-refractivity contribution in [1.29, 1.82) is 0 Å². The Morgan fingerprint density at radius 3 is 2.52 bits per heavy atom. The van der Waals surface area contributed by atoms with Gasteiger partial charge in [-0.15, -0.1) is 0 Å². The number of aliphatic hydroxyl groups is 1. The number of nitrogens with two attached hydrogens (primary N) is 1. The van der Waals surface area contributed by atoms with E-state index in [2.05, 4.69) is 16.0 Å². The fourth-order valence-corrected chi connectivity index (χ4v) is 4.44. The molecule has 1 aliphatic rings. The van der Waals surface area contributed by atoms with Crippen LogP contribution in [-0.4, -0.2) is 30.3 Å². The van der Waals surface area contributed by atoms with Crippen LogP contribution in [0.15, 0.2) is 47.5 Å². The van der Waals surface area contributed by atoms with Crippen molar-refractivity contribution in [3.63, 3.8) is 0 Å². The fourth-order valence-electron chi connectivity index (χ4n) is 4.44. The lowest BCUT2D eigenvalue weighted by Crippen LogP contribution is -2.29. The zero-order chi connectivity index (χ0) is 20.1. The second-order valence-electron chi connectivity index (χ2n) is 7.87. The van der Waals surface area contributed by atoms with Crippen molar-refractivity contribution in [3.8, 4) is 11.1 Å². The largest absolute Gasteiger partial charge is 0.393 e. The van der Waals surface area contributed by atoms with Crippen molar-refractivity contribution in [1.82, 2.24) is 19.1 Å². The van der Waals surface area contributed by atoms with Gasteiger partial charge in [-0.05, 0) is 55.5 Å². The molecular formula is C22H23N5O2. The average Bonchev–Trinajstić information content (AvgIpc) is 3.00. The molecule has 0 unspecified atom stereocenters. The van der Waals surface area contributed by atoms with Crippen LogP contribution in [0.25, 0.3) is 33.1 Å². The Labute approximate surface area is 167 Å². The highest BCUT2D eigenvalue weighted by atomic mass is 16.3. The first-order valence-electron chi connectivity index (χ1n) is 9.92. The molecule has 0 saturated heterocycles. The summed E-state index contributed by atoms with van der Waals surface area (Å²) in [6.45, 7) is 0.